The number of benzene rings is 1. The van der Waals surface area contributed by atoms with Gasteiger partial charge in [0, 0.05) is 36.7 Å². The van der Waals surface area contributed by atoms with Crippen molar-refractivity contribution in [1.82, 2.24) is 15.3 Å². The Hall–Kier alpha value is -2.76. The third kappa shape index (κ3) is 3.59. The van der Waals surface area contributed by atoms with Gasteiger partial charge in [-0.1, -0.05) is 18.2 Å². The predicted molar refractivity (Wildman–Crippen MR) is 90.3 cm³/mol. The van der Waals surface area contributed by atoms with Crippen molar-refractivity contribution >= 4 is 17.5 Å². The molecule has 0 bridgehead atoms. The molecule has 1 fully saturated rings. The van der Waals surface area contributed by atoms with Crippen LogP contribution in [0.3, 0.4) is 0 Å². The molecule has 1 aromatic heterocycles. The SMILES string of the molecule is C[C@@H]1C[C@@H](NC(=O)CCc2cnccn2)C(=O)N1c1ccccc1. The fourth-order valence-corrected chi connectivity index (χ4v) is 2.99. The van der Waals surface area contributed by atoms with Gasteiger partial charge < -0.3 is 10.2 Å². The van der Waals surface area contributed by atoms with Crippen molar-refractivity contribution in [2.45, 2.75) is 38.3 Å². The van der Waals surface area contributed by atoms with Crippen molar-refractivity contribution in [2.24, 2.45) is 0 Å². The number of nitrogens with one attached hydrogen (secondary N) is 1. The van der Waals surface area contributed by atoms with Crippen molar-refractivity contribution in [2.75, 3.05) is 4.90 Å². The lowest BCUT2D eigenvalue weighted by Gasteiger charge is -2.21. The van der Waals surface area contributed by atoms with E-state index in [4.69, 9.17) is 0 Å². The minimum absolute atomic E-state index is 0.0541. The number of aromatic nitrogens is 2. The Morgan fingerprint density at radius 2 is 2.08 bits per heavy atom. The number of carbonyl (C=O) groups excluding carboxylic acids is 2. The van der Waals surface area contributed by atoms with Crippen LogP contribution >= 0.6 is 0 Å². The van der Waals surface area contributed by atoms with Crippen LogP contribution in [0.5, 0.6) is 0 Å². The van der Waals surface area contributed by atoms with Gasteiger partial charge in [-0.3, -0.25) is 19.6 Å². The number of aryl methyl sites for hydroxylation is 1. The summed E-state index contributed by atoms with van der Waals surface area (Å²) < 4.78 is 0. The first-order valence-electron chi connectivity index (χ1n) is 8.07. The first kappa shape index (κ1) is 16.1. The average molecular weight is 324 g/mol. The van der Waals surface area contributed by atoms with E-state index in [9.17, 15) is 9.59 Å². The van der Waals surface area contributed by atoms with E-state index in [1.165, 1.54) is 0 Å². The summed E-state index contributed by atoms with van der Waals surface area (Å²) in [5, 5.41) is 2.85. The Kier molecular flexibility index (Phi) is 4.84. The summed E-state index contributed by atoms with van der Waals surface area (Å²) in [4.78, 5) is 34.6. The maximum absolute atomic E-state index is 12.6. The second kappa shape index (κ2) is 7.21. The number of amides is 2. The molecule has 24 heavy (non-hydrogen) atoms. The summed E-state index contributed by atoms with van der Waals surface area (Å²) in [6, 6.07) is 9.14. The number of nitrogens with zero attached hydrogens (tertiary/aromatic N) is 3. The second-order valence-corrected chi connectivity index (χ2v) is 5.95. The van der Waals surface area contributed by atoms with Crippen molar-refractivity contribution < 1.29 is 9.59 Å². The summed E-state index contributed by atoms with van der Waals surface area (Å²) in [5.41, 5.74) is 1.64. The third-order valence-corrected chi connectivity index (χ3v) is 4.15. The smallest absolute Gasteiger partial charge is 0.249 e. The molecule has 0 aliphatic carbocycles. The molecule has 0 unspecified atom stereocenters. The van der Waals surface area contributed by atoms with Crippen LogP contribution in [0.1, 0.15) is 25.5 Å². The molecule has 2 heterocycles. The Balaban J connectivity index is 1.58. The van der Waals surface area contributed by atoms with E-state index in [2.05, 4.69) is 15.3 Å². The van der Waals surface area contributed by atoms with Crippen LogP contribution in [0.15, 0.2) is 48.9 Å². The van der Waals surface area contributed by atoms with Gasteiger partial charge in [-0.2, -0.15) is 0 Å². The Morgan fingerprint density at radius 1 is 1.29 bits per heavy atom. The topological polar surface area (TPSA) is 75.2 Å². The summed E-state index contributed by atoms with van der Waals surface area (Å²) in [6.07, 6.45) is 6.27. The lowest BCUT2D eigenvalue weighted by atomic mass is 10.1. The van der Waals surface area contributed by atoms with E-state index in [0.717, 1.165) is 11.4 Å². The predicted octanol–water partition coefficient (Wildman–Crippen LogP) is 1.72. The molecule has 124 valence electrons. The highest BCUT2D eigenvalue weighted by Gasteiger charge is 2.38. The number of para-hydroxylation sites is 1. The molecular weight excluding hydrogens is 304 g/mol. The van der Waals surface area contributed by atoms with Crippen molar-refractivity contribution in [3.63, 3.8) is 0 Å². The van der Waals surface area contributed by atoms with E-state index in [-0.39, 0.29) is 17.9 Å². The van der Waals surface area contributed by atoms with Gasteiger partial charge in [0.1, 0.15) is 6.04 Å². The second-order valence-electron chi connectivity index (χ2n) is 5.95. The zero-order valence-corrected chi connectivity index (χ0v) is 13.6. The zero-order valence-electron chi connectivity index (χ0n) is 13.6. The highest BCUT2D eigenvalue weighted by molar-refractivity contribution is 6.01. The van der Waals surface area contributed by atoms with Crippen molar-refractivity contribution in [3.05, 3.63) is 54.6 Å². The highest BCUT2D eigenvalue weighted by atomic mass is 16.2. The molecule has 2 amide bonds. The molecule has 0 radical (unpaired) electrons. The molecule has 6 nitrogen and oxygen atoms in total. The summed E-state index contributed by atoms with van der Waals surface area (Å²) in [5.74, 6) is -0.192. The van der Waals surface area contributed by atoms with Gasteiger partial charge in [0.15, 0.2) is 0 Å². The van der Waals surface area contributed by atoms with Crippen molar-refractivity contribution in [3.8, 4) is 0 Å². The van der Waals surface area contributed by atoms with Gasteiger partial charge in [-0.15, -0.1) is 0 Å². The fourth-order valence-electron chi connectivity index (χ4n) is 2.99. The maximum Gasteiger partial charge on any atom is 0.249 e. The number of anilines is 1. The van der Waals surface area contributed by atoms with E-state index in [1.54, 1.807) is 23.5 Å². The third-order valence-electron chi connectivity index (χ3n) is 4.15. The van der Waals surface area contributed by atoms with Gasteiger partial charge in [0.2, 0.25) is 11.8 Å². The van der Waals surface area contributed by atoms with Gasteiger partial charge in [0.25, 0.3) is 0 Å². The fraction of sp³-hybridized carbons (Fsp3) is 0.333. The van der Waals surface area contributed by atoms with Gasteiger partial charge in [0.05, 0.1) is 5.69 Å². The standard InChI is InChI=1S/C18H20N4O2/c1-13-11-16(18(24)22(13)15-5-3-2-4-6-15)21-17(23)8-7-14-12-19-9-10-20-14/h2-6,9-10,12-13,16H,7-8,11H2,1H3,(H,21,23)/t13-,16-/m1/s1. The number of hydrogen-bond acceptors (Lipinski definition) is 4. The molecule has 2 atom stereocenters. The number of hydrogen-bond donors (Lipinski definition) is 1. The summed E-state index contributed by atoms with van der Waals surface area (Å²) in [7, 11) is 0. The number of rotatable bonds is 5. The zero-order chi connectivity index (χ0) is 16.9. The van der Waals surface area contributed by atoms with Crippen LogP contribution < -0.4 is 10.2 Å². The monoisotopic (exact) mass is 324 g/mol. The van der Waals surface area contributed by atoms with Crippen LogP contribution in [0.2, 0.25) is 0 Å². The largest absolute Gasteiger partial charge is 0.344 e. The Bertz CT molecular complexity index is 705. The minimum Gasteiger partial charge on any atom is -0.344 e. The molecule has 1 aliphatic rings. The van der Waals surface area contributed by atoms with E-state index in [0.29, 0.717) is 19.3 Å². The molecule has 1 aliphatic heterocycles. The van der Waals surface area contributed by atoms with Crippen LogP contribution in [0, 0.1) is 0 Å². The molecule has 1 N–H and O–H groups in total. The first-order chi connectivity index (χ1) is 11.6. The van der Waals surface area contributed by atoms with Crippen LogP contribution in [0.4, 0.5) is 5.69 Å². The normalized spacial score (nSPS) is 20.2. The molecule has 0 spiro atoms. The molecule has 1 saturated heterocycles. The van der Waals surface area contributed by atoms with Crippen LogP contribution in [-0.4, -0.2) is 33.9 Å². The van der Waals surface area contributed by atoms with Crippen LogP contribution in [0.25, 0.3) is 0 Å². The van der Waals surface area contributed by atoms with Gasteiger partial charge >= 0.3 is 0 Å². The van der Waals surface area contributed by atoms with Crippen molar-refractivity contribution in [1.29, 1.82) is 0 Å². The molecule has 6 heteroatoms. The highest BCUT2D eigenvalue weighted by Crippen LogP contribution is 2.26. The molecule has 1 aromatic carbocycles. The molecule has 0 saturated carbocycles. The summed E-state index contributed by atoms with van der Waals surface area (Å²) >= 11 is 0. The van der Waals surface area contributed by atoms with E-state index < -0.39 is 6.04 Å². The Morgan fingerprint density at radius 3 is 2.79 bits per heavy atom. The first-order valence-corrected chi connectivity index (χ1v) is 8.07. The molecular formula is C18H20N4O2. The minimum atomic E-state index is -0.463. The lowest BCUT2D eigenvalue weighted by molar-refractivity contribution is -0.126. The molecule has 2 aromatic rings. The molecule has 3 rings (SSSR count). The van der Waals surface area contributed by atoms with Crippen LogP contribution in [-0.2, 0) is 16.0 Å². The van der Waals surface area contributed by atoms with Gasteiger partial charge in [-0.25, -0.2) is 0 Å². The van der Waals surface area contributed by atoms with E-state index in [1.807, 2.05) is 37.3 Å². The van der Waals surface area contributed by atoms with E-state index >= 15 is 0 Å². The lowest BCUT2D eigenvalue weighted by Crippen LogP contribution is -2.42. The van der Waals surface area contributed by atoms with Gasteiger partial charge in [-0.05, 0) is 31.9 Å². The quantitative estimate of drug-likeness (QED) is 0.909. The summed E-state index contributed by atoms with van der Waals surface area (Å²) in [6.45, 7) is 2.00. The maximum atomic E-state index is 12.6. The average Bonchev–Trinajstić information content (AvgIpc) is 2.88. The number of carbonyl (C=O) groups is 2. The Labute approximate surface area is 140 Å².